The third-order valence-corrected chi connectivity index (χ3v) is 6.08. The number of aromatic nitrogens is 3. The first-order chi connectivity index (χ1) is 16.0. The molecular formula is C26H25N5O2. The molecule has 7 nitrogen and oxygen atoms in total. The molecule has 0 saturated carbocycles. The molecule has 2 aromatic carbocycles. The van der Waals surface area contributed by atoms with E-state index in [-0.39, 0.29) is 11.8 Å². The molecule has 1 N–H and O–H groups in total. The SMILES string of the molecule is Cc1ccc(-c2ccc(CC3C(=O)NCCN3C(=O)c3cnn4cc(C)cnc34)cc2)cc1. The average molecular weight is 440 g/mol. The normalized spacial score (nSPS) is 16.1. The summed E-state index contributed by atoms with van der Waals surface area (Å²) in [7, 11) is 0. The Bertz CT molecular complexity index is 1330. The van der Waals surface area contributed by atoms with Crippen LogP contribution in [0.15, 0.2) is 67.1 Å². The van der Waals surface area contributed by atoms with E-state index in [0.29, 0.717) is 30.7 Å². The lowest BCUT2D eigenvalue weighted by Crippen LogP contribution is -2.58. The summed E-state index contributed by atoms with van der Waals surface area (Å²) in [5, 5.41) is 7.17. The Morgan fingerprint density at radius 2 is 1.70 bits per heavy atom. The molecule has 33 heavy (non-hydrogen) atoms. The summed E-state index contributed by atoms with van der Waals surface area (Å²) in [5.74, 6) is -0.366. The van der Waals surface area contributed by atoms with E-state index in [1.54, 1.807) is 15.6 Å². The zero-order valence-electron chi connectivity index (χ0n) is 18.7. The maximum atomic E-state index is 13.4. The lowest BCUT2D eigenvalue weighted by atomic mass is 9.98. The Kier molecular flexibility index (Phi) is 5.38. The Labute approximate surface area is 192 Å². The van der Waals surface area contributed by atoms with Crippen LogP contribution in [0.3, 0.4) is 0 Å². The molecule has 1 fully saturated rings. The van der Waals surface area contributed by atoms with Gasteiger partial charge >= 0.3 is 0 Å². The summed E-state index contributed by atoms with van der Waals surface area (Å²) in [6, 6.07) is 16.0. The first-order valence-electron chi connectivity index (χ1n) is 11.0. The Balaban J connectivity index is 1.39. The first-order valence-corrected chi connectivity index (χ1v) is 11.0. The highest BCUT2D eigenvalue weighted by Gasteiger charge is 2.35. The third-order valence-electron chi connectivity index (χ3n) is 6.08. The Morgan fingerprint density at radius 3 is 2.42 bits per heavy atom. The summed E-state index contributed by atoms with van der Waals surface area (Å²) in [5.41, 5.74) is 6.35. The third kappa shape index (κ3) is 4.09. The quantitative estimate of drug-likeness (QED) is 0.530. The maximum Gasteiger partial charge on any atom is 0.260 e. The number of carbonyl (C=O) groups excluding carboxylic acids is 2. The van der Waals surface area contributed by atoms with Crippen molar-refractivity contribution in [2.24, 2.45) is 0 Å². The number of fused-ring (bicyclic) bond motifs is 1. The molecule has 1 aliphatic rings. The van der Waals surface area contributed by atoms with Gasteiger partial charge in [0, 0.05) is 31.9 Å². The molecule has 2 amide bonds. The van der Waals surface area contributed by atoms with Gasteiger partial charge < -0.3 is 10.2 Å². The first kappa shape index (κ1) is 20.9. The van der Waals surface area contributed by atoms with Gasteiger partial charge in [-0.1, -0.05) is 54.1 Å². The van der Waals surface area contributed by atoms with Crippen LogP contribution in [0.1, 0.15) is 27.0 Å². The van der Waals surface area contributed by atoms with E-state index in [1.807, 2.05) is 25.3 Å². The molecule has 0 radical (unpaired) electrons. The van der Waals surface area contributed by atoms with E-state index in [1.165, 1.54) is 11.8 Å². The van der Waals surface area contributed by atoms with Crippen LogP contribution in [0, 0.1) is 13.8 Å². The van der Waals surface area contributed by atoms with Gasteiger partial charge in [0.15, 0.2) is 5.65 Å². The van der Waals surface area contributed by atoms with Gasteiger partial charge in [-0.3, -0.25) is 9.59 Å². The molecule has 0 spiro atoms. The molecule has 4 aromatic rings. The predicted molar refractivity (Wildman–Crippen MR) is 126 cm³/mol. The highest BCUT2D eigenvalue weighted by molar-refractivity contribution is 6.02. The molecule has 1 aliphatic heterocycles. The minimum atomic E-state index is -0.586. The number of nitrogens with zero attached hydrogens (tertiary/aromatic N) is 4. The van der Waals surface area contributed by atoms with Crippen molar-refractivity contribution < 1.29 is 9.59 Å². The number of amides is 2. The van der Waals surface area contributed by atoms with Crippen LogP contribution >= 0.6 is 0 Å². The molecule has 2 aromatic heterocycles. The summed E-state index contributed by atoms with van der Waals surface area (Å²) in [6.45, 7) is 4.86. The second-order valence-electron chi connectivity index (χ2n) is 8.53. The van der Waals surface area contributed by atoms with Crippen molar-refractivity contribution in [2.75, 3.05) is 13.1 Å². The van der Waals surface area contributed by atoms with Crippen LogP contribution < -0.4 is 5.32 Å². The number of hydrogen-bond donors (Lipinski definition) is 1. The standard InChI is InChI=1S/C26H25N5O2/c1-17-3-7-20(8-4-17)21-9-5-19(6-10-21)13-23-25(32)27-11-12-30(23)26(33)22-15-29-31-16-18(2)14-28-24(22)31/h3-10,14-16,23H,11-13H2,1-2H3,(H,27,32). The van der Waals surface area contributed by atoms with E-state index >= 15 is 0 Å². The van der Waals surface area contributed by atoms with E-state index < -0.39 is 6.04 Å². The zero-order chi connectivity index (χ0) is 22.9. The van der Waals surface area contributed by atoms with Gasteiger partial charge in [-0.25, -0.2) is 9.50 Å². The Morgan fingerprint density at radius 1 is 1.00 bits per heavy atom. The van der Waals surface area contributed by atoms with Crippen molar-refractivity contribution >= 4 is 17.5 Å². The minimum Gasteiger partial charge on any atom is -0.353 e. The van der Waals surface area contributed by atoms with Gasteiger partial charge in [0.2, 0.25) is 5.91 Å². The minimum absolute atomic E-state index is 0.141. The van der Waals surface area contributed by atoms with Crippen LogP contribution in [0.5, 0.6) is 0 Å². The molecule has 3 heterocycles. The molecule has 0 bridgehead atoms. The van der Waals surface area contributed by atoms with Crippen LogP contribution in [-0.4, -0.2) is 50.4 Å². The monoisotopic (exact) mass is 439 g/mol. The van der Waals surface area contributed by atoms with Gasteiger partial charge in [0.25, 0.3) is 5.91 Å². The second kappa shape index (κ2) is 8.50. The number of benzene rings is 2. The average Bonchev–Trinajstić information content (AvgIpc) is 3.24. The van der Waals surface area contributed by atoms with E-state index in [0.717, 1.165) is 22.3 Å². The summed E-state index contributed by atoms with van der Waals surface area (Å²) in [6.07, 6.45) is 5.51. The molecular weight excluding hydrogens is 414 g/mol. The van der Waals surface area contributed by atoms with Gasteiger partial charge in [-0.15, -0.1) is 0 Å². The number of rotatable bonds is 4. The molecule has 166 valence electrons. The molecule has 1 saturated heterocycles. The molecule has 0 aliphatic carbocycles. The zero-order valence-corrected chi connectivity index (χ0v) is 18.7. The summed E-state index contributed by atoms with van der Waals surface area (Å²) >= 11 is 0. The molecule has 7 heteroatoms. The van der Waals surface area contributed by atoms with Gasteiger partial charge in [0.05, 0.1) is 6.20 Å². The van der Waals surface area contributed by atoms with Gasteiger partial charge in [-0.2, -0.15) is 5.10 Å². The van der Waals surface area contributed by atoms with E-state index in [9.17, 15) is 9.59 Å². The van der Waals surface area contributed by atoms with Crippen molar-refractivity contribution in [2.45, 2.75) is 26.3 Å². The number of hydrogen-bond acceptors (Lipinski definition) is 4. The highest BCUT2D eigenvalue weighted by Crippen LogP contribution is 2.23. The highest BCUT2D eigenvalue weighted by atomic mass is 16.2. The number of nitrogens with one attached hydrogen (secondary N) is 1. The van der Waals surface area contributed by atoms with Crippen LogP contribution in [0.4, 0.5) is 0 Å². The molecule has 5 rings (SSSR count). The number of carbonyl (C=O) groups is 2. The summed E-state index contributed by atoms with van der Waals surface area (Å²) in [4.78, 5) is 32.2. The van der Waals surface area contributed by atoms with E-state index in [4.69, 9.17) is 0 Å². The van der Waals surface area contributed by atoms with Crippen LogP contribution in [-0.2, 0) is 11.2 Å². The Hall–Kier alpha value is -4.00. The van der Waals surface area contributed by atoms with Gasteiger partial charge in [0.1, 0.15) is 11.6 Å². The van der Waals surface area contributed by atoms with Crippen molar-refractivity contribution in [3.8, 4) is 11.1 Å². The smallest absolute Gasteiger partial charge is 0.260 e. The van der Waals surface area contributed by atoms with E-state index in [2.05, 4.69) is 58.7 Å². The predicted octanol–water partition coefficient (Wildman–Crippen LogP) is 3.20. The molecule has 1 atom stereocenters. The van der Waals surface area contributed by atoms with Gasteiger partial charge in [-0.05, 0) is 36.1 Å². The van der Waals surface area contributed by atoms with Crippen molar-refractivity contribution in [1.82, 2.24) is 24.8 Å². The summed E-state index contributed by atoms with van der Waals surface area (Å²) < 4.78 is 1.60. The van der Waals surface area contributed by atoms with Crippen LogP contribution in [0.2, 0.25) is 0 Å². The fourth-order valence-electron chi connectivity index (χ4n) is 4.24. The lowest BCUT2D eigenvalue weighted by molar-refractivity contribution is -0.127. The van der Waals surface area contributed by atoms with Crippen LogP contribution in [0.25, 0.3) is 16.8 Å². The van der Waals surface area contributed by atoms with Crippen molar-refractivity contribution in [3.63, 3.8) is 0 Å². The fraction of sp³-hybridized carbons (Fsp3) is 0.231. The fourth-order valence-corrected chi connectivity index (χ4v) is 4.24. The van der Waals surface area contributed by atoms with Crippen molar-refractivity contribution in [1.29, 1.82) is 0 Å². The van der Waals surface area contributed by atoms with Crippen molar-refractivity contribution in [3.05, 3.63) is 89.4 Å². The second-order valence-corrected chi connectivity index (χ2v) is 8.53. The molecule has 1 unspecified atom stereocenters. The number of aryl methyl sites for hydroxylation is 2. The number of piperazine rings is 1. The lowest BCUT2D eigenvalue weighted by Gasteiger charge is -2.35. The topological polar surface area (TPSA) is 79.6 Å². The maximum absolute atomic E-state index is 13.4. The largest absolute Gasteiger partial charge is 0.353 e.